The number of halogens is 4. The first-order valence-electron chi connectivity index (χ1n) is 5.91. The minimum Gasteiger partial charge on any atom is -0.490 e. The number of hydrogen-bond acceptors (Lipinski definition) is 4. The second-order valence-corrected chi connectivity index (χ2v) is 5.43. The molecule has 8 heteroatoms. The van der Waals surface area contributed by atoms with Crippen LogP contribution in [0, 0.1) is 0 Å². The van der Waals surface area contributed by atoms with E-state index in [1.165, 1.54) is 6.07 Å². The van der Waals surface area contributed by atoms with Crippen LogP contribution in [-0.4, -0.2) is 23.2 Å². The van der Waals surface area contributed by atoms with Crippen LogP contribution in [0.25, 0.3) is 11.4 Å². The molecule has 4 nitrogen and oxygen atoms in total. The second kappa shape index (κ2) is 7.13. The number of nitrogens with zero attached hydrogens (tertiary/aromatic N) is 2. The zero-order valence-electron chi connectivity index (χ0n) is 10.8. The molecule has 0 spiro atoms. The zero-order valence-corrected chi connectivity index (χ0v) is 14.0. The summed E-state index contributed by atoms with van der Waals surface area (Å²) in [6, 6.07) is 6.26. The molecule has 21 heavy (non-hydrogen) atoms. The Balaban J connectivity index is 2.43. The fourth-order valence-corrected chi connectivity index (χ4v) is 2.70. The van der Waals surface area contributed by atoms with Crippen molar-refractivity contribution in [2.24, 2.45) is 0 Å². The highest BCUT2D eigenvalue weighted by Crippen LogP contribution is 2.33. The average Bonchev–Trinajstić information content (AvgIpc) is 2.39. The third kappa shape index (κ3) is 4.34. The number of benzene rings is 1. The van der Waals surface area contributed by atoms with Crippen molar-refractivity contribution < 1.29 is 18.3 Å². The van der Waals surface area contributed by atoms with Crippen LogP contribution in [0.4, 0.5) is 8.78 Å². The maximum Gasteiger partial charge on any atom is 0.387 e. The average molecular weight is 424 g/mol. The monoisotopic (exact) mass is 422 g/mol. The van der Waals surface area contributed by atoms with Crippen molar-refractivity contribution in [3.63, 3.8) is 0 Å². The van der Waals surface area contributed by atoms with Crippen molar-refractivity contribution >= 4 is 31.9 Å². The van der Waals surface area contributed by atoms with Gasteiger partial charge in [-0.2, -0.15) is 8.78 Å². The largest absolute Gasteiger partial charge is 0.490 e. The first-order chi connectivity index (χ1) is 9.99. The van der Waals surface area contributed by atoms with E-state index >= 15 is 0 Å². The third-order valence-electron chi connectivity index (χ3n) is 2.38. The van der Waals surface area contributed by atoms with Gasteiger partial charge < -0.3 is 9.47 Å². The molecule has 1 aromatic carbocycles. The summed E-state index contributed by atoms with van der Waals surface area (Å²) in [4.78, 5) is 8.45. The van der Waals surface area contributed by atoms with E-state index < -0.39 is 6.61 Å². The van der Waals surface area contributed by atoms with E-state index in [-0.39, 0.29) is 11.5 Å². The van der Waals surface area contributed by atoms with Crippen molar-refractivity contribution in [1.82, 2.24) is 9.97 Å². The molecular weight excluding hydrogens is 414 g/mol. The topological polar surface area (TPSA) is 44.2 Å². The van der Waals surface area contributed by atoms with E-state index in [9.17, 15) is 8.78 Å². The quantitative estimate of drug-likeness (QED) is 0.655. The van der Waals surface area contributed by atoms with Gasteiger partial charge in [0.15, 0.2) is 17.3 Å². The van der Waals surface area contributed by atoms with Gasteiger partial charge >= 0.3 is 6.61 Å². The summed E-state index contributed by atoms with van der Waals surface area (Å²) in [6.07, 6.45) is 0. The van der Waals surface area contributed by atoms with Gasteiger partial charge in [0.25, 0.3) is 0 Å². The first-order valence-corrected chi connectivity index (χ1v) is 7.50. The molecule has 112 valence electrons. The van der Waals surface area contributed by atoms with Crippen LogP contribution < -0.4 is 9.47 Å². The maximum atomic E-state index is 12.4. The highest BCUT2D eigenvalue weighted by atomic mass is 79.9. The normalized spacial score (nSPS) is 10.8. The molecule has 0 radical (unpaired) electrons. The lowest BCUT2D eigenvalue weighted by molar-refractivity contribution is -0.0514. The van der Waals surface area contributed by atoms with Gasteiger partial charge in [0.2, 0.25) is 0 Å². The summed E-state index contributed by atoms with van der Waals surface area (Å²) in [5, 5.41) is 0. The molecule has 0 aliphatic heterocycles. The Morgan fingerprint density at radius 1 is 1.10 bits per heavy atom. The van der Waals surface area contributed by atoms with Gasteiger partial charge in [-0.1, -0.05) is 0 Å². The lowest BCUT2D eigenvalue weighted by Gasteiger charge is -2.12. The summed E-state index contributed by atoms with van der Waals surface area (Å²) < 4.78 is 35.7. The number of rotatable bonds is 5. The predicted octanol–water partition coefficient (Wildman–Crippen LogP) is 4.67. The molecule has 2 aromatic rings. The van der Waals surface area contributed by atoms with Crippen molar-refractivity contribution in [2.75, 3.05) is 6.61 Å². The molecule has 0 amide bonds. The summed E-state index contributed by atoms with van der Waals surface area (Å²) in [7, 11) is 0. The molecule has 0 saturated heterocycles. The van der Waals surface area contributed by atoms with Crippen LogP contribution in [0.1, 0.15) is 6.92 Å². The summed E-state index contributed by atoms with van der Waals surface area (Å²) in [5.41, 5.74) is 0.627. The molecule has 0 aliphatic rings. The molecule has 0 bridgehead atoms. The molecule has 0 fully saturated rings. The van der Waals surface area contributed by atoms with E-state index in [1.807, 2.05) is 0 Å². The molecule has 0 N–H and O–H groups in total. The Morgan fingerprint density at radius 3 is 2.33 bits per heavy atom. The van der Waals surface area contributed by atoms with Gasteiger partial charge in [-0.15, -0.1) is 0 Å². The van der Waals surface area contributed by atoms with E-state index in [0.29, 0.717) is 27.2 Å². The highest BCUT2D eigenvalue weighted by Gasteiger charge is 2.13. The summed E-state index contributed by atoms with van der Waals surface area (Å²) in [6.45, 7) is -0.830. The van der Waals surface area contributed by atoms with Gasteiger partial charge in [-0.25, -0.2) is 9.97 Å². The number of aromatic nitrogens is 2. The van der Waals surface area contributed by atoms with Gasteiger partial charge in [-0.3, -0.25) is 0 Å². The Bertz CT molecular complexity index is 621. The molecule has 1 aromatic heterocycles. The van der Waals surface area contributed by atoms with Gasteiger partial charge in [0.05, 0.1) is 6.61 Å². The highest BCUT2D eigenvalue weighted by molar-refractivity contribution is 9.11. The van der Waals surface area contributed by atoms with Gasteiger partial charge in [0.1, 0.15) is 9.21 Å². The molecule has 1 heterocycles. The minimum atomic E-state index is -2.91. The van der Waals surface area contributed by atoms with E-state index in [4.69, 9.17) is 4.74 Å². The molecule has 0 saturated carbocycles. The van der Waals surface area contributed by atoms with E-state index in [1.54, 1.807) is 25.1 Å². The third-order valence-corrected chi connectivity index (χ3v) is 3.19. The fourth-order valence-electron chi connectivity index (χ4n) is 1.63. The standard InChI is InChI=1S/C13H10Br2F2N2O2/c1-2-20-9-5-7(3-4-8(9)21-13(16)17)12-18-10(14)6-11(15)19-12/h3-6,13H,2H2,1H3. The zero-order chi connectivity index (χ0) is 15.4. The summed E-state index contributed by atoms with van der Waals surface area (Å²) in [5.74, 6) is 0.625. The molecule has 0 unspecified atom stereocenters. The van der Waals surface area contributed by atoms with E-state index in [2.05, 4.69) is 46.6 Å². The number of hydrogen-bond donors (Lipinski definition) is 0. The van der Waals surface area contributed by atoms with Crippen molar-refractivity contribution in [3.8, 4) is 22.9 Å². The van der Waals surface area contributed by atoms with Crippen LogP contribution in [0.5, 0.6) is 11.5 Å². The van der Waals surface area contributed by atoms with Gasteiger partial charge in [-0.05, 0) is 57.0 Å². The minimum absolute atomic E-state index is 0.0235. The Morgan fingerprint density at radius 2 is 1.76 bits per heavy atom. The SMILES string of the molecule is CCOc1cc(-c2nc(Br)cc(Br)n2)ccc1OC(F)F. The first kappa shape index (κ1) is 16.1. The van der Waals surface area contributed by atoms with Crippen molar-refractivity contribution in [1.29, 1.82) is 0 Å². The smallest absolute Gasteiger partial charge is 0.387 e. The molecular formula is C13H10Br2F2N2O2. The predicted molar refractivity (Wildman–Crippen MR) is 80.7 cm³/mol. The second-order valence-electron chi connectivity index (χ2n) is 3.81. The molecule has 0 atom stereocenters. The summed E-state index contributed by atoms with van der Waals surface area (Å²) >= 11 is 6.54. The van der Waals surface area contributed by atoms with Crippen LogP contribution in [0.2, 0.25) is 0 Å². The van der Waals surface area contributed by atoms with Crippen molar-refractivity contribution in [2.45, 2.75) is 13.5 Å². The molecule has 0 aliphatic carbocycles. The lowest BCUT2D eigenvalue weighted by Crippen LogP contribution is -2.04. The Kier molecular flexibility index (Phi) is 5.46. The number of alkyl halides is 2. The van der Waals surface area contributed by atoms with Crippen LogP contribution >= 0.6 is 31.9 Å². The van der Waals surface area contributed by atoms with E-state index in [0.717, 1.165) is 0 Å². The Hall–Kier alpha value is -1.28. The molecule has 2 rings (SSSR count). The van der Waals surface area contributed by atoms with Crippen LogP contribution in [-0.2, 0) is 0 Å². The van der Waals surface area contributed by atoms with Gasteiger partial charge in [0, 0.05) is 11.6 Å². The Labute approximate surface area is 136 Å². The van der Waals surface area contributed by atoms with Crippen LogP contribution in [0.3, 0.4) is 0 Å². The fraction of sp³-hybridized carbons (Fsp3) is 0.231. The van der Waals surface area contributed by atoms with Crippen LogP contribution in [0.15, 0.2) is 33.5 Å². The lowest BCUT2D eigenvalue weighted by atomic mass is 10.2. The number of ether oxygens (including phenoxy) is 2. The van der Waals surface area contributed by atoms with Crippen molar-refractivity contribution in [3.05, 3.63) is 33.5 Å². The maximum absolute atomic E-state index is 12.4.